The number of ether oxygens (including phenoxy) is 1. The summed E-state index contributed by atoms with van der Waals surface area (Å²) in [5, 5.41) is 2.89. The molecular weight excluding hydrogens is 416 g/mol. The molecule has 32 heavy (non-hydrogen) atoms. The van der Waals surface area contributed by atoms with E-state index in [-0.39, 0.29) is 11.7 Å². The van der Waals surface area contributed by atoms with Crippen molar-refractivity contribution in [1.82, 2.24) is 9.55 Å². The molecule has 0 atom stereocenters. The van der Waals surface area contributed by atoms with Crippen LogP contribution in [0.2, 0.25) is 0 Å². The van der Waals surface area contributed by atoms with Gasteiger partial charge in [0.05, 0.1) is 11.4 Å². The Bertz CT molecular complexity index is 1360. The molecule has 4 nitrogen and oxygen atoms in total. The Morgan fingerprint density at radius 1 is 0.812 bits per heavy atom. The molecule has 0 saturated carbocycles. The standard InChI is InChI=1S/C27H20N2O2S/c30-26(31-24-16-15-20-9-7-8-12-22(20)17-24)19-32-27-28-25(21-10-3-1-4-11-21)18-29(27)23-13-5-2-6-14-23/h1-18H,19H2. The van der Waals surface area contributed by atoms with Gasteiger partial charge in [-0.25, -0.2) is 4.98 Å². The van der Waals surface area contributed by atoms with Crippen LogP contribution in [-0.2, 0) is 4.79 Å². The Kier molecular flexibility index (Phi) is 5.73. The van der Waals surface area contributed by atoms with Crippen LogP contribution in [0.25, 0.3) is 27.7 Å². The minimum atomic E-state index is -0.311. The molecule has 0 bridgehead atoms. The van der Waals surface area contributed by atoms with Crippen LogP contribution in [0.3, 0.4) is 0 Å². The van der Waals surface area contributed by atoms with Gasteiger partial charge in [-0.15, -0.1) is 0 Å². The van der Waals surface area contributed by atoms with Crippen LogP contribution in [0, 0.1) is 0 Å². The molecule has 0 spiro atoms. The predicted octanol–water partition coefficient (Wildman–Crippen LogP) is 6.39. The second-order valence-electron chi connectivity index (χ2n) is 7.25. The van der Waals surface area contributed by atoms with Crippen molar-refractivity contribution in [2.45, 2.75) is 5.16 Å². The first-order chi connectivity index (χ1) is 15.8. The van der Waals surface area contributed by atoms with E-state index in [0.29, 0.717) is 5.75 Å². The molecule has 0 amide bonds. The van der Waals surface area contributed by atoms with E-state index in [4.69, 9.17) is 9.72 Å². The number of rotatable bonds is 6. The Hall–Kier alpha value is -3.83. The lowest BCUT2D eigenvalue weighted by Crippen LogP contribution is -2.11. The number of aromatic nitrogens is 2. The summed E-state index contributed by atoms with van der Waals surface area (Å²) in [5.41, 5.74) is 2.88. The molecule has 1 heterocycles. The maximum atomic E-state index is 12.6. The maximum absolute atomic E-state index is 12.6. The van der Waals surface area contributed by atoms with Gasteiger partial charge in [0.1, 0.15) is 5.75 Å². The van der Waals surface area contributed by atoms with E-state index in [2.05, 4.69) is 0 Å². The fraction of sp³-hybridized carbons (Fsp3) is 0.0370. The molecule has 0 aliphatic rings. The second kappa shape index (κ2) is 9.12. The monoisotopic (exact) mass is 436 g/mol. The van der Waals surface area contributed by atoms with E-state index in [1.54, 1.807) is 0 Å². The van der Waals surface area contributed by atoms with Gasteiger partial charge in [0, 0.05) is 17.4 Å². The van der Waals surface area contributed by atoms with Gasteiger partial charge in [-0.05, 0) is 35.0 Å². The molecule has 0 aliphatic heterocycles. The molecule has 0 fully saturated rings. The second-order valence-corrected chi connectivity index (χ2v) is 8.19. The van der Waals surface area contributed by atoms with Crippen LogP contribution in [-0.4, -0.2) is 21.3 Å². The Balaban J connectivity index is 1.35. The number of para-hydroxylation sites is 1. The average molecular weight is 437 g/mol. The summed E-state index contributed by atoms with van der Waals surface area (Å²) in [4.78, 5) is 17.4. The number of carbonyl (C=O) groups is 1. The Morgan fingerprint density at radius 3 is 2.28 bits per heavy atom. The molecule has 1 aromatic heterocycles. The van der Waals surface area contributed by atoms with E-state index >= 15 is 0 Å². The number of hydrogen-bond donors (Lipinski definition) is 0. The molecule has 5 aromatic rings. The van der Waals surface area contributed by atoms with Gasteiger partial charge in [0.2, 0.25) is 0 Å². The first kappa shape index (κ1) is 20.1. The average Bonchev–Trinajstić information content (AvgIpc) is 3.28. The number of carbonyl (C=O) groups excluding carboxylic acids is 1. The van der Waals surface area contributed by atoms with E-state index in [0.717, 1.165) is 32.9 Å². The van der Waals surface area contributed by atoms with E-state index in [9.17, 15) is 4.79 Å². The summed E-state index contributed by atoms with van der Waals surface area (Å²) in [5.74, 6) is 0.394. The molecule has 5 heteroatoms. The lowest BCUT2D eigenvalue weighted by atomic mass is 10.1. The largest absolute Gasteiger partial charge is 0.426 e. The number of thioether (sulfide) groups is 1. The molecule has 0 saturated heterocycles. The van der Waals surface area contributed by atoms with Gasteiger partial charge in [0.15, 0.2) is 5.16 Å². The van der Waals surface area contributed by atoms with Gasteiger partial charge in [0.25, 0.3) is 0 Å². The summed E-state index contributed by atoms with van der Waals surface area (Å²) in [6.07, 6.45) is 2.00. The van der Waals surface area contributed by atoms with Gasteiger partial charge in [-0.3, -0.25) is 9.36 Å². The molecule has 0 unspecified atom stereocenters. The summed E-state index contributed by atoms with van der Waals surface area (Å²) in [6.45, 7) is 0. The first-order valence-corrected chi connectivity index (χ1v) is 11.3. The molecule has 5 rings (SSSR count). The number of benzene rings is 4. The van der Waals surface area contributed by atoms with Crippen molar-refractivity contribution < 1.29 is 9.53 Å². The van der Waals surface area contributed by atoms with E-state index in [1.807, 2.05) is 114 Å². The highest BCUT2D eigenvalue weighted by Crippen LogP contribution is 2.28. The molecular formula is C27H20N2O2S. The third kappa shape index (κ3) is 4.43. The van der Waals surface area contributed by atoms with Crippen LogP contribution >= 0.6 is 11.8 Å². The third-order valence-electron chi connectivity index (χ3n) is 5.05. The maximum Gasteiger partial charge on any atom is 0.321 e. The SMILES string of the molecule is O=C(CSc1nc(-c2ccccc2)cn1-c1ccccc1)Oc1ccc2ccccc2c1. The fourth-order valence-electron chi connectivity index (χ4n) is 3.50. The minimum absolute atomic E-state index is 0.158. The van der Waals surface area contributed by atoms with E-state index in [1.165, 1.54) is 11.8 Å². The smallest absolute Gasteiger partial charge is 0.321 e. The Labute approximate surface area is 190 Å². The number of fused-ring (bicyclic) bond motifs is 1. The summed E-state index contributed by atoms with van der Waals surface area (Å²) in [7, 11) is 0. The van der Waals surface area contributed by atoms with Crippen molar-refractivity contribution in [3.8, 4) is 22.7 Å². The van der Waals surface area contributed by atoms with Crippen LogP contribution in [0.1, 0.15) is 0 Å². The quantitative estimate of drug-likeness (QED) is 0.176. The predicted molar refractivity (Wildman–Crippen MR) is 129 cm³/mol. The lowest BCUT2D eigenvalue weighted by molar-refractivity contribution is -0.131. The normalized spacial score (nSPS) is 10.9. The molecule has 0 aliphatic carbocycles. The van der Waals surface area contributed by atoms with Crippen LogP contribution in [0.4, 0.5) is 0 Å². The van der Waals surface area contributed by atoms with Crippen LogP contribution in [0.15, 0.2) is 114 Å². The number of imidazole rings is 1. The number of hydrogen-bond acceptors (Lipinski definition) is 4. The van der Waals surface area contributed by atoms with Crippen molar-refractivity contribution >= 4 is 28.5 Å². The molecule has 0 radical (unpaired) electrons. The first-order valence-electron chi connectivity index (χ1n) is 10.3. The summed E-state index contributed by atoms with van der Waals surface area (Å²) in [6, 6.07) is 33.7. The topological polar surface area (TPSA) is 44.1 Å². The highest BCUT2D eigenvalue weighted by molar-refractivity contribution is 7.99. The zero-order chi connectivity index (χ0) is 21.8. The summed E-state index contributed by atoms with van der Waals surface area (Å²) < 4.78 is 7.59. The number of nitrogens with zero attached hydrogens (tertiary/aromatic N) is 2. The van der Waals surface area contributed by atoms with Crippen LogP contribution in [0.5, 0.6) is 5.75 Å². The zero-order valence-electron chi connectivity index (χ0n) is 17.2. The number of esters is 1. The third-order valence-corrected chi connectivity index (χ3v) is 5.98. The highest BCUT2D eigenvalue weighted by atomic mass is 32.2. The van der Waals surface area contributed by atoms with Gasteiger partial charge in [-0.1, -0.05) is 90.6 Å². The zero-order valence-corrected chi connectivity index (χ0v) is 18.0. The van der Waals surface area contributed by atoms with Crippen molar-refractivity contribution in [2.75, 3.05) is 5.75 Å². The molecule has 156 valence electrons. The van der Waals surface area contributed by atoms with Gasteiger partial charge in [-0.2, -0.15) is 0 Å². The van der Waals surface area contributed by atoms with Crippen molar-refractivity contribution in [3.63, 3.8) is 0 Å². The van der Waals surface area contributed by atoms with Gasteiger partial charge < -0.3 is 4.74 Å². The van der Waals surface area contributed by atoms with Crippen molar-refractivity contribution in [2.24, 2.45) is 0 Å². The molecule has 4 aromatic carbocycles. The van der Waals surface area contributed by atoms with Crippen molar-refractivity contribution in [1.29, 1.82) is 0 Å². The summed E-state index contributed by atoms with van der Waals surface area (Å²) >= 11 is 1.37. The van der Waals surface area contributed by atoms with Crippen LogP contribution < -0.4 is 4.74 Å². The van der Waals surface area contributed by atoms with Crippen molar-refractivity contribution in [3.05, 3.63) is 109 Å². The van der Waals surface area contributed by atoms with Gasteiger partial charge >= 0.3 is 5.97 Å². The fourth-order valence-corrected chi connectivity index (χ4v) is 4.27. The Morgan fingerprint density at radius 2 is 1.50 bits per heavy atom. The lowest BCUT2D eigenvalue weighted by Gasteiger charge is -2.08. The molecule has 0 N–H and O–H groups in total. The van der Waals surface area contributed by atoms with E-state index < -0.39 is 0 Å². The highest BCUT2D eigenvalue weighted by Gasteiger charge is 2.14. The minimum Gasteiger partial charge on any atom is -0.426 e.